The molecule has 2 aromatic rings. The summed E-state index contributed by atoms with van der Waals surface area (Å²) in [6.07, 6.45) is 0. The fourth-order valence-electron chi connectivity index (χ4n) is 3.29. The number of nitrogens with one attached hydrogen (secondary N) is 1. The van der Waals surface area contributed by atoms with Gasteiger partial charge in [0.15, 0.2) is 0 Å². The highest BCUT2D eigenvalue weighted by Crippen LogP contribution is 2.28. The number of carbonyl (C=O) groups excluding carboxylic acids is 2. The third-order valence-electron chi connectivity index (χ3n) is 4.78. The molecule has 0 unspecified atom stereocenters. The number of thiophene rings is 1. The second kappa shape index (κ2) is 9.76. The van der Waals surface area contributed by atoms with Crippen molar-refractivity contribution in [2.45, 2.75) is 13.8 Å². The summed E-state index contributed by atoms with van der Waals surface area (Å²) in [4.78, 5) is 30.0. The predicted octanol–water partition coefficient (Wildman–Crippen LogP) is 3.00. The molecule has 0 radical (unpaired) electrons. The Hall–Kier alpha value is -2.58. The average Bonchev–Trinajstić information content (AvgIpc) is 3.09. The number of amides is 1. The number of piperazine rings is 1. The number of hydrogen-bond donors (Lipinski definition) is 1. The van der Waals surface area contributed by atoms with Crippen molar-refractivity contribution in [3.63, 3.8) is 0 Å². The molecule has 1 aliphatic heterocycles. The molecule has 1 amide bonds. The number of anilines is 2. The Morgan fingerprint density at radius 2 is 1.83 bits per heavy atom. The molecule has 0 atom stereocenters. The van der Waals surface area contributed by atoms with E-state index in [1.807, 2.05) is 19.1 Å². The van der Waals surface area contributed by atoms with Crippen molar-refractivity contribution in [2.24, 2.45) is 0 Å². The van der Waals surface area contributed by atoms with Crippen LogP contribution >= 0.6 is 11.3 Å². The molecule has 0 saturated carbocycles. The van der Waals surface area contributed by atoms with Crippen LogP contribution in [0.4, 0.5) is 10.7 Å². The molecule has 1 aliphatic rings. The van der Waals surface area contributed by atoms with Crippen LogP contribution in [-0.2, 0) is 9.53 Å². The number of methoxy groups -OCH3 is 1. The molecule has 3 rings (SSSR count). The van der Waals surface area contributed by atoms with Gasteiger partial charge in [-0.25, -0.2) is 4.79 Å². The molecule has 0 bridgehead atoms. The lowest BCUT2D eigenvalue weighted by molar-refractivity contribution is -0.117. The Bertz CT molecular complexity index is 842. The number of ether oxygens (including phenoxy) is 2. The van der Waals surface area contributed by atoms with Crippen molar-refractivity contribution in [3.8, 4) is 5.75 Å². The van der Waals surface area contributed by atoms with Gasteiger partial charge >= 0.3 is 5.97 Å². The van der Waals surface area contributed by atoms with Gasteiger partial charge < -0.3 is 19.7 Å². The topological polar surface area (TPSA) is 71.1 Å². The number of aryl methyl sites for hydroxylation is 1. The maximum absolute atomic E-state index is 12.5. The van der Waals surface area contributed by atoms with Crippen LogP contribution in [0.15, 0.2) is 30.3 Å². The molecule has 29 heavy (non-hydrogen) atoms. The van der Waals surface area contributed by atoms with E-state index in [2.05, 4.69) is 27.2 Å². The summed E-state index contributed by atoms with van der Waals surface area (Å²) in [5, 5.41) is 3.44. The van der Waals surface area contributed by atoms with Gasteiger partial charge in [0.25, 0.3) is 0 Å². The summed E-state index contributed by atoms with van der Waals surface area (Å²) in [5.74, 6) is 0.325. The zero-order valence-corrected chi connectivity index (χ0v) is 17.9. The van der Waals surface area contributed by atoms with Gasteiger partial charge in [-0.3, -0.25) is 9.69 Å². The summed E-state index contributed by atoms with van der Waals surface area (Å²) in [7, 11) is 1.66. The van der Waals surface area contributed by atoms with E-state index in [9.17, 15) is 9.59 Å². The van der Waals surface area contributed by atoms with Gasteiger partial charge in [0.2, 0.25) is 5.91 Å². The Morgan fingerprint density at radius 1 is 1.14 bits per heavy atom. The van der Waals surface area contributed by atoms with Crippen LogP contribution in [0.2, 0.25) is 0 Å². The van der Waals surface area contributed by atoms with Crippen LogP contribution in [-0.4, -0.2) is 63.2 Å². The molecule has 8 heteroatoms. The minimum Gasteiger partial charge on any atom is -0.497 e. The van der Waals surface area contributed by atoms with E-state index in [0.29, 0.717) is 23.7 Å². The van der Waals surface area contributed by atoms with Gasteiger partial charge in [-0.2, -0.15) is 0 Å². The van der Waals surface area contributed by atoms with E-state index < -0.39 is 5.97 Å². The maximum Gasteiger partial charge on any atom is 0.341 e. The van der Waals surface area contributed by atoms with Crippen LogP contribution in [0.5, 0.6) is 5.75 Å². The zero-order chi connectivity index (χ0) is 20.8. The lowest BCUT2D eigenvalue weighted by Gasteiger charge is -2.35. The highest BCUT2D eigenvalue weighted by atomic mass is 32.1. The van der Waals surface area contributed by atoms with E-state index in [-0.39, 0.29) is 5.91 Å². The molecular weight excluding hydrogens is 390 g/mol. The van der Waals surface area contributed by atoms with Crippen molar-refractivity contribution >= 4 is 33.9 Å². The smallest absolute Gasteiger partial charge is 0.341 e. The first-order valence-corrected chi connectivity index (χ1v) is 10.5. The molecule has 2 heterocycles. The van der Waals surface area contributed by atoms with Gasteiger partial charge in [-0.1, -0.05) is 0 Å². The first-order chi connectivity index (χ1) is 14.0. The van der Waals surface area contributed by atoms with E-state index in [1.54, 1.807) is 20.1 Å². The third kappa shape index (κ3) is 5.48. The van der Waals surface area contributed by atoms with Crippen LogP contribution in [0, 0.1) is 6.92 Å². The molecule has 156 valence electrons. The Balaban J connectivity index is 1.52. The Kier molecular flexibility index (Phi) is 7.11. The molecule has 1 fully saturated rings. The van der Waals surface area contributed by atoms with E-state index in [1.165, 1.54) is 11.3 Å². The number of nitrogens with zero attached hydrogens (tertiary/aromatic N) is 2. The van der Waals surface area contributed by atoms with Gasteiger partial charge in [0.1, 0.15) is 10.8 Å². The molecule has 1 aromatic heterocycles. The minimum absolute atomic E-state index is 0.115. The first-order valence-electron chi connectivity index (χ1n) is 9.69. The zero-order valence-electron chi connectivity index (χ0n) is 17.1. The summed E-state index contributed by atoms with van der Waals surface area (Å²) in [6, 6.07) is 9.78. The first kappa shape index (κ1) is 21.1. The van der Waals surface area contributed by atoms with Crippen LogP contribution in [0.25, 0.3) is 0 Å². The second-order valence-electron chi connectivity index (χ2n) is 6.83. The van der Waals surface area contributed by atoms with Crippen molar-refractivity contribution in [2.75, 3.05) is 56.7 Å². The van der Waals surface area contributed by atoms with Gasteiger partial charge in [-0.05, 0) is 44.2 Å². The third-order valence-corrected chi connectivity index (χ3v) is 5.75. The average molecular weight is 418 g/mol. The molecule has 7 nitrogen and oxygen atoms in total. The summed E-state index contributed by atoms with van der Waals surface area (Å²) >= 11 is 1.39. The Labute approximate surface area is 175 Å². The molecule has 1 N–H and O–H groups in total. The standard InChI is InChI=1S/C21H27N3O4S/c1-4-28-21(26)18-13-15(2)29-20(18)22-19(25)14-23-9-11-24(12-10-23)16-5-7-17(27-3)8-6-16/h5-8,13H,4,9-12,14H2,1-3H3,(H,22,25). The number of hydrogen-bond acceptors (Lipinski definition) is 7. The number of esters is 1. The predicted molar refractivity (Wildman–Crippen MR) is 115 cm³/mol. The monoisotopic (exact) mass is 417 g/mol. The van der Waals surface area contributed by atoms with Gasteiger partial charge in [0.05, 0.1) is 25.8 Å². The van der Waals surface area contributed by atoms with E-state index >= 15 is 0 Å². The van der Waals surface area contributed by atoms with Crippen LogP contribution in [0.1, 0.15) is 22.2 Å². The summed E-state index contributed by atoms with van der Waals surface area (Å²) < 4.78 is 10.3. The molecule has 0 aliphatic carbocycles. The largest absolute Gasteiger partial charge is 0.497 e. The van der Waals surface area contributed by atoms with Crippen molar-refractivity contribution in [1.29, 1.82) is 0 Å². The second-order valence-corrected chi connectivity index (χ2v) is 8.09. The molecular formula is C21H27N3O4S. The van der Waals surface area contributed by atoms with Crippen molar-refractivity contribution in [1.82, 2.24) is 4.90 Å². The van der Waals surface area contributed by atoms with Crippen molar-refractivity contribution < 1.29 is 19.1 Å². The maximum atomic E-state index is 12.5. The Morgan fingerprint density at radius 3 is 2.45 bits per heavy atom. The number of rotatable bonds is 7. The van der Waals surface area contributed by atoms with E-state index in [4.69, 9.17) is 9.47 Å². The summed E-state index contributed by atoms with van der Waals surface area (Å²) in [5.41, 5.74) is 1.58. The highest BCUT2D eigenvalue weighted by molar-refractivity contribution is 7.16. The number of benzene rings is 1. The number of carbonyl (C=O) groups is 2. The van der Waals surface area contributed by atoms with Gasteiger partial charge in [-0.15, -0.1) is 11.3 Å². The lowest BCUT2D eigenvalue weighted by atomic mass is 10.2. The van der Waals surface area contributed by atoms with E-state index in [0.717, 1.165) is 42.5 Å². The fraction of sp³-hybridized carbons (Fsp3) is 0.429. The normalized spacial score (nSPS) is 14.5. The summed E-state index contributed by atoms with van der Waals surface area (Å²) in [6.45, 7) is 7.58. The minimum atomic E-state index is -0.403. The quantitative estimate of drug-likeness (QED) is 0.699. The molecule has 1 saturated heterocycles. The SMILES string of the molecule is CCOC(=O)c1cc(C)sc1NC(=O)CN1CCN(c2ccc(OC)cc2)CC1. The molecule has 0 spiro atoms. The lowest BCUT2D eigenvalue weighted by Crippen LogP contribution is -2.48. The fourth-order valence-corrected chi connectivity index (χ4v) is 4.21. The van der Waals surface area contributed by atoms with Gasteiger partial charge in [0, 0.05) is 36.7 Å². The van der Waals surface area contributed by atoms with Crippen LogP contribution in [0.3, 0.4) is 0 Å². The molecule has 1 aromatic carbocycles. The highest BCUT2D eigenvalue weighted by Gasteiger charge is 2.22. The van der Waals surface area contributed by atoms with Crippen LogP contribution < -0.4 is 15.0 Å². The van der Waals surface area contributed by atoms with Crippen molar-refractivity contribution in [3.05, 3.63) is 40.8 Å².